The van der Waals surface area contributed by atoms with Crippen LogP contribution in [0.3, 0.4) is 0 Å². The Kier molecular flexibility index (Phi) is 17.7. The molecule has 296 valence electrons. The van der Waals surface area contributed by atoms with E-state index in [1.165, 1.54) is 11.8 Å². The van der Waals surface area contributed by atoms with Crippen LogP contribution >= 0.6 is 0 Å². The van der Waals surface area contributed by atoms with Gasteiger partial charge in [0.05, 0.1) is 31.5 Å². The fourth-order valence-corrected chi connectivity index (χ4v) is 5.50. The number of aliphatic hydroxyl groups excluding tert-OH is 5. The summed E-state index contributed by atoms with van der Waals surface area (Å²) in [7, 11) is 0. The SMILES string of the molecule is C[C@@H]1O[C@@H](OCCNC(=O)CCN(CCC(=O)NCCO[C@@H]2O[C@@H](C)[C@@H](O)C[C@@H]2O)C(=O)CCCCC(=O)ON2C(=O)CCC2=O)[C@@H](O)[C@H](O)[C@@H]1O. The van der Waals surface area contributed by atoms with E-state index >= 15 is 0 Å². The van der Waals surface area contributed by atoms with Crippen molar-refractivity contribution in [1.82, 2.24) is 20.6 Å². The van der Waals surface area contributed by atoms with Crippen molar-refractivity contribution in [1.29, 1.82) is 0 Å². The molecule has 0 aromatic heterocycles. The Morgan fingerprint density at radius 3 is 1.87 bits per heavy atom. The summed E-state index contributed by atoms with van der Waals surface area (Å²) in [4.78, 5) is 79.8. The van der Waals surface area contributed by atoms with Crippen molar-refractivity contribution in [3.63, 3.8) is 0 Å². The highest BCUT2D eigenvalue weighted by molar-refractivity contribution is 6.01. The number of ether oxygens (including phenoxy) is 4. The van der Waals surface area contributed by atoms with Gasteiger partial charge in [-0.1, -0.05) is 0 Å². The maximum absolute atomic E-state index is 13.1. The molecular weight excluding hydrogens is 696 g/mol. The number of unbranched alkanes of at least 4 members (excludes halogenated alkanes) is 1. The lowest BCUT2D eigenvalue weighted by Crippen LogP contribution is -2.57. The number of rotatable bonds is 20. The summed E-state index contributed by atoms with van der Waals surface area (Å²) in [6.45, 7) is 3.07. The Balaban J connectivity index is 1.41. The van der Waals surface area contributed by atoms with E-state index in [9.17, 15) is 54.3 Å². The highest BCUT2D eigenvalue weighted by Gasteiger charge is 2.42. The number of nitrogens with one attached hydrogen (secondary N) is 2. The maximum atomic E-state index is 13.1. The lowest BCUT2D eigenvalue weighted by Gasteiger charge is -2.38. The summed E-state index contributed by atoms with van der Waals surface area (Å²) in [6, 6.07) is 0. The lowest BCUT2D eigenvalue weighted by atomic mass is 10.0. The molecule has 0 aromatic carbocycles. The van der Waals surface area contributed by atoms with Crippen LogP contribution in [-0.4, -0.2) is 166 Å². The van der Waals surface area contributed by atoms with E-state index in [2.05, 4.69) is 10.6 Å². The van der Waals surface area contributed by atoms with Crippen molar-refractivity contribution in [3.05, 3.63) is 0 Å². The fraction of sp³-hybridized carbons (Fsp3) is 0.812. The third-order valence-electron chi connectivity index (χ3n) is 8.70. The Labute approximate surface area is 300 Å². The predicted molar refractivity (Wildman–Crippen MR) is 173 cm³/mol. The number of hydroxylamine groups is 2. The topological polar surface area (TPSA) is 280 Å². The van der Waals surface area contributed by atoms with E-state index in [1.54, 1.807) is 6.92 Å². The minimum atomic E-state index is -1.49. The molecule has 3 rings (SSSR count). The van der Waals surface area contributed by atoms with Crippen LogP contribution in [0.4, 0.5) is 0 Å². The molecule has 0 saturated carbocycles. The number of aliphatic hydroxyl groups is 5. The zero-order valence-electron chi connectivity index (χ0n) is 29.4. The van der Waals surface area contributed by atoms with E-state index < -0.39 is 84.9 Å². The molecule has 3 saturated heterocycles. The Morgan fingerprint density at radius 2 is 1.27 bits per heavy atom. The van der Waals surface area contributed by atoms with Crippen LogP contribution in [-0.2, 0) is 52.6 Å². The van der Waals surface area contributed by atoms with Crippen LogP contribution in [0.25, 0.3) is 0 Å². The van der Waals surface area contributed by atoms with Gasteiger partial charge in [-0.05, 0) is 26.7 Å². The molecule has 20 heteroatoms. The zero-order valence-corrected chi connectivity index (χ0v) is 29.4. The molecule has 0 aromatic rings. The highest BCUT2D eigenvalue weighted by Crippen LogP contribution is 2.22. The van der Waals surface area contributed by atoms with Gasteiger partial charge in [0.1, 0.15) is 24.4 Å². The van der Waals surface area contributed by atoms with Gasteiger partial charge in [-0.25, -0.2) is 4.79 Å². The van der Waals surface area contributed by atoms with Crippen molar-refractivity contribution < 1.29 is 78.1 Å². The van der Waals surface area contributed by atoms with Crippen LogP contribution in [0.5, 0.6) is 0 Å². The molecule has 0 unspecified atom stereocenters. The van der Waals surface area contributed by atoms with E-state index in [4.69, 9.17) is 23.8 Å². The number of hydrogen-bond acceptors (Lipinski definition) is 16. The Bertz CT molecular complexity index is 1210. The summed E-state index contributed by atoms with van der Waals surface area (Å²) in [5.41, 5.74) is 0. The van der Waals surface area contributed by atoms with Gasteiger partial charge in [-0.2, -0.15) is 0 Å². The van der Waals surface area contributed by atoms with Crippen LogP contribution < -0.4 is 10.6 Å². The molecule has 0 radical (unpaired) electrons. The normalized spacial score (nSPS) is 29.1. The monoisotopic (exact) mass is 748 g/mol. The average molecular weight is 749 g/mol. The number of imide groups is 1. The first-order valence-electron chi connectivity index (χ1n) is 17.5. The standard InChI is InChI=1S/C32H52N4O16/c1-18-20(37)17-21(38)31(50-18)48-15-11-33-22(39)9-13-35(24(41)5-3-4-6-27(44)52-36-25(42)7-8-26(36)43)14-10-23(40)34-12-16-49-32-30(47)29(46)28(45)19(2)51-32/h18-21,28-32,37-38,45-47H,3-17H2,1-2H3,(H,33,39)(H,34,40)/t18-,19-,20-,21-,28+,29+,30-,31+,32+/m0/s1. The van der Waals surface area contributed by atoms with Crippen LogP contribution in [0, 0.1) is 0 Å². The molecular formula is C32H52N4O16. The van der Waals surface area contributed by atoms with Crippen LogP contribution in [0.15, 0.2) is 0 Å². The third kappa shape index (κ3) is 13.6. The lowest BCUT2D eigenvalue weighted by molar-refractivity contribution is -0.292. The maximum Gasteiger partial charge on any atom is 0.333 e. The number of carbonyl (C=O) groups excluding carboxylic acids is 6. The first-order chi connectivity index (χ1) is 24.7. The van der Waals surface area contributed by atoms with E-state index in [0.717, 1.165) is 0 Å². The highest BCUT2D eigenvalue weighted by atomic mass is 16.7. The average Bonchev–Trinajstić information content (AvgIpc) is 3.42. The number of hydrogen-bond donors (Lipinski definition) is 7. The Morgan fingerprint density at radius 1 is 0.731 bits per heavy atom. The molecule has 9 atom stereocenters. The number of amides is 5. The summed E-state index contributed by atoms with van der Waals surface area (Å²) >= 11 is 0. The van der Waals surface area contributed by atoms with Crippen molar-refractivity contribution in [2.75, 3.05) is 39.4 Å². The van der Waals surface area contributed by atoms with Gasteiger partial charge in [0.15, 0.2) is 12.6 Å². The second-order valence-electron chi connectivity index (χ2n) is 12.8. The molecule has 0 aliphatic carbocycles. The second kappa shape index (κ2) is 21.4. The molecule has 7 N–H and O–H groups in total. The molecule has 20 nitrogen and oxygen atoms in total. The second-order valence-corrected chi connectivity index (χ2v) is 12.8. The summed E-state index contributed by atoms with van der Waals surface area (Å²) in [5, 5.41) is 55.3. The van der Waals surface area contributed by atoms with Crippen molar-refractivity contribution >= 4 is 35.5 Å². The summed E-state index contributed by atoms with van der Waals surface area (Å²) in [5.74, 6) is -3.24. The van der Waals surface area contributed by atoms with Crippen LogP contribution in [0.1, 0.15) is 71.6 Å². The quantitative estimate of drug-likeness (QED) is 0.0475. The predicted octanol–water partition coefficient (Wildman–Crippen LogP) is -3.29. The third-order valence-corrected chi connectivity index (χ3v) is 8.70. The van der Waals surface area contributed by atoms with Gasteiger partial charge in [0, 0.05) is 71.1 Å². The van der Waals surface area contributed by atoms with Crippen LogP contribution in [0.2, 0.25) is 0 Å². The van der Waals surface area contributed by atoms with Gasteiger partial charge in [-0.3, -0.25) is 24.0 Å². The van der Waals surface area contributed by atoms with Crippen molar-refractivity contribution in [2.45, 2.75) is 127 Å². The summed E-state index contributed by atoms with van der Waals surface area (Å²) in [6.07, 6.45) is -9.52. The van der Waals surface area contributed by atoms with Gasteiger partial charge < -0.3 is 64.9 Å². The van der Waals surface area contributed by atoms with Crippen molar-refractivity contribution in [3.8, 4) is 0 Å². The molecule has 3 fully saturated rings. The molecule has 3 aliphatic rings. The number of carbonyl (C=O) groups is 6. The van der Waals surface area contributed by atoms with E-state index in [0.29, 0.717) is 5.06 Å². The molecule has 5 amide bonds. The Hall–Kier alpha value is -3.34. The fourth-order valence-electron chi connectivity index (χ4n) is 5.50. The van der Waals surface area contributed by atoms with E-state index in [1.807, 2.05) is 0 Å². The van der Waals surface area contributed by atoms with Gasteiger partial charge in [0.25, 0.3) is 11.8 Å². The minimum Gasteiger partial charge on any atom is -0.390 e. The zero-order chi connectivity index (χ0) is 38.4. The van der Waals surface area contributed by atoms with E-state index in [-0.39, 0.29) is 103 Å². The van der Waals surface area contributed by atoms with Crippen molar-refractivity contribution in [2.24, 2.45) is 0 Å². The van der Waals surface area contributed by atoms with Gasteiger partial charge >= 0.3 is 5.97 Å². The number of nitrogens with zero attached hydrogens (tertiary/aromatic N) is 2. The minimum absolute atomic E-state index is 0.00398. The smallest absolute Gasteiger partial charge is 0.333 e. The molecule has 52 heavy (non-hydrogen) atoms. The van der Waals surface area contributed by atoms with Gasteiger partial charge in [-0.15, -0.1) is 5.06 Å². The first kappa shape index (κ1) is 43.1. The van der Waals surface area contributed by atoms with Gasteiger partial charge in [0.2, 0.25) is 17.7 Å². The first-order valence-corrected chi connectivity index (χ1v) is 17.5. The summed E-state index contributed by atoms with van der Waals surface area (Å²) < 4.78 is 21.7. The largest absolute Gasteiger partial charge is 0.390 e. The molecule has 3 heterocycles. The molecule has 0 spiro atoms. The molecule has 3 aliphatic heterocycles. The molecule has 0 bridgehead atoms.